The molecule has 0 aliphatic heterocycles. The molecule has 0 spiro atoms. The topological polar surface area (TPSA) is 37.6 Å². The van der Waals surface area contributed by atoms with Gasteiger partial charge in [-0.2, -0.15) is 0 Å². The monoisotopic (exact) mass is 614 g/mol. The summed E-state index contributed by atoms with van der Waals surface area (Å²) in [6.45, 7) is 17.7. The van der Waals surface area contributed by atoms with E-state index in [9.17, 15) is 0 Å². The first-order valence-corrected chi connectivity index (χ1v) is 12.5. The molecule has 0 N–H and O–H groups in total. The van der Waals surface area contributed by atoms with Gasteiger partial charge in [-0.15, -0.1) is 0 Å². The van der Waals surface area contributed by atoms with Crippen molar-refractivity contribution in [1.29, 1.82) is 0 Å². The van der Waals surface area contributed by atoms with Crippen LogP contribution in [0.3, 0.4) is 0 Å². The Morgan fingerprint density at radius 3 is 1.03 bits per heavy atom. The molecule has 0 amide bonds. The van der Waals surface area contributed by atoms with E-state index in [0.717, 1.165) is 22.8 Å². The molecule has 1 heterocycles. The van der Waals surface area contributed by atoms with Crippen LogP contribution in [0.25, 0.3) is 0 Å². The molecule has 0 aliphatic rings. The molecular weight excluding hydrogens is 577 g/mol. The third-order valence-corrected chi connectivity index (χ3v) is 6.13. The Hall–Kier alpha value is -1.68. The second-order valence-electron chi connectivity index (χ2n) is 10.2. The van der Waals surface area contributed by atoms with Gasteiger partial charge >= 0.3 is 17.1 Å². The third kappa shape index (κ3) is 9.81. The van der Waals surface area contributed by atoms with Gasteiger partial charge in [-0.1, -0.05) is 97.9 Å². The molecule has 0 unspecified atom stereocenters. The quantitative estimate of drug-likeness (QED) is 0.262. The smallest absolute Gasteiger partial charge is 1.00 e. The van der Waals surface area contributed by atoms with Crippen LogP contribution in [0.2, 0.25) is 0 Å². The van der Waals surface area contributed by atoms with Crippen LogP contribution in [0, 0.1) is 0 Å². The molecule has 0 bridgehead atoms. The number of nitrogens with zero attached hydrogens (tertiary/aromatic N) is 3. The molecule has 7 heteroatoms. The SMILES string of the molecule is CC(C)c1cccc(C(C)C)c1N=Cc1cccc(C=Nc2c(C(C)C)cccc2C(C)C)n1.[Cl-].[Cl-].[Cl-].[Fe+3]. The molecule has 1 aromatic heterocycles. The number of aromatic nitrogens is 1. The van der Waals surface area contributed by atoms with E-state index in [-0.39, 0.29) is 54.3 Å². The Bertz CT molecular complexity index is 1050. The van der Waals surface area contributed by atoms with E-state index in [2.05, 4.69) is 91.8 Å². The standard InChI is InChI=1S/C31H39N3.3ClH.Fe/c1-20(2)26-14-10-15-27(21(3)4)30(26)32-18-24-12-9-13-25(34-24)19-33-31-28(22(5)6)16-11-17-29(31)23(7)8;;;;/h9-23H,1-8H3;3*1H;/q;;;;+3/p-3. The van der Waals surface area contributed by atoms with Crippen LogP contribution in [-0.2, 0) is 17.1 Å². The van der Waals surface area contributed by atoms with E-state index < -0.39 is 0 Å². The predicted octanol–water partition coefficient (Wildman–Crippen LogP) is 0.0859. The number of aliphatic imine (C=N–C) groups is 2. The first-order chi connectivity index (χ1) is 16.2. The minimum atomic E-state index is 0. The van der Waals surface area contributed by atoms with Gasteiger partial charge in [-0.25, -0.2) is 4.98 Å². The average Bonchev–Trinajstić information content (AvgIpc) is 2.80. The minimum absolute atomic E-state index is 0. The summed E-state index contributed by atoms with van der Waals surface area (Å²) in [4.78, 5) is 14.6. The van der Waals surface area contributed by atoms with Gasteiger partial charge in [0.1, 0.15) is 0 Å². The van der Waals surface area contributed by atoms with Crippen molar-refractivity contribution in [2.24, 2.45) is 9.98 Å². The van der Waals surface area contributed by atoms with Crippen molar-refractivity contribution in [1.82, 2.24) is 4.98 Å². The average molecular weight is 616 g/mol. The van der Waals surface area contributed by atoms with Crippen LogP contribution in [-0.4, -0.2) is 17.4 Å². The van der Waals surface area contributed by atoms with Gasteiger partial charge in [0.05, 0.1) is 35.2 Å². The van der Waals surface area contributed by atoms with Crippen molar-refractivity contribution >= 4 is 23.8 Å². The zero-order valence-electron chi connectivity index (χ0n) is 23.5. The fourth-order valence-corrected chi connectivity index (χ4v) is 4.20. The predicted molar refractivity (Wildman–Crippen MR) is 148 cm³/mol. The summed E-state index contributed by atoms with van der Waals surface area (Å²) in [5.74, 6) is 1.64. The summed E-state index contributed by atoms with van der Waals surface area (Å²) in [7, 11) is 0. The molecule has 0 fully saturated rings. The molecule has 0 saturated heterocycles. The summed E-state index contributed by atoms with van der Waals surface area (Å²) in [6.07, 6.45) is 3.76. The molecule has 207 valence electrons. The number of para-hydroxylation sites is 2. The molecule has 3 nitrogen and oxygen atoms in total. The summed E-state index contributed by atoms with van der Waals surface area (Å²) < 4.78 is 0. The maximum absolute atomic E-state index is 4.92. The Morgan fingerprint density at radius 1 is 0.500 bits per heavy atom. The van der Waals surface area contributed by atoms with Gasteiger partial charge in [-0.05, 0) is 58.1 Å². The van der Waals surface area contributed by atoms with Crippen LogP contribution in [0.5, 0.6) is 0 Å². The molecule has 0 atom stereocenters. The summed E-state index contributed by atoms with van der Waals surface area (Å²) in [6, 6.07) is 19.0. The Morgan fingerprint density at radius 2 is 0.763 bits per heavy atom. The zero-order valence-corrected chi connectivity index (χ0v) is 26.9. The number of hydrogen-bond donors (Lipinski definition) is 0. The van der Waals surface area contributed by atoms with Crippen LogP contribution in [0.15, 0.2) is 64.6 Å². The molecule has 3 aromatic rings. The summed E-state index contributed by atoms with van der Waals surface area (Å²) in [5.41, 5.74) is 8.88. The van der Waals surface area contributed by atoms with E-state index in [4.69, 9.17) is 15.0 Å². The van der Waals surface area contributed by atoms with E-state index >= 15 is 0 Å². The Balaban J connectivity index is 0. The maximum Gasteiger partial charge on any atom is 3.00 e. The van der Waals surface area contributed by atoms with Crippen molar-refractivity contribution in [3.05, 3.63) is 88.2 Å². The van der Waals surface area contributed by atoms with Crippen LogP contribution in [0.4, 0.5) is 11.4 Å². The molecule has 0 aliphatic carbocycles. The molecule has 38 heavy (non-hydrogen) atoms. The van der Waals surface area contributed by atoms with E-state index in [1.165, 1.54) is 22.3 Å². The first-order valence-electron chi connectivity index (χ1n) is 12.5. The van der Waals surface area contributed by atoms with Gasteiger partial charge in [0, 0.05) is 0 Å². The van der Waals surface area contributed by atoms with E-state index in [1.54, 1.807) is 0 Å². The second kappa shape index (κ2) is 17.8. The van der Waals surface area contributed by atoms with Crippen LogP contribution < -0.4 is 37.2 Å². The molecule has 2 aromatic carbocycles. The van der Waals surface area contributed by atoms with E-state index in [1.807, 2.05) is 30.6 Å². The van der Waals surface area contributed by atoms with E-state index in [0.29, 0.717) is 23.7 Å². The van der Waals surface area contributed by atoms with Crippen LogP contribution >= 0.6 is 0 Å². The summed E-state index contributed by atoms with van der Waals surface area (Å²) >= 11 is 0. The van der Waals surface area contributed by atoms with Crippen molar-refractivity contribution in [3.63, 3.8) is 0 Å². The normalized spacial score (nSPS) is 11.1. The van der Waals surface area contributed by atoms with Crippen molar-refractivity contribution in [3.8, 4) is 0 Å². The van der Waals surface area contributed by atoms with Gasteiger partial charge in [0.2, 0.25) is 0 Å². The van der Waals surface area contributed by atoms with Crippen LogP contribution in [0.1, 0.15) is 113 Å². The molecular formula is C31H39Cl3FeN3. The third-order valence-electron chi connectivity index (χ3n) is 6.13. The molecule has 0 saturated carbocycles. The Labute approximate surface area is 259 Å². The van der Waals surface area contributed by atoms with Gasteiger partial charge in [0.15, 0.2) is 0 Å². The van der Waals surface area contributed by atoms with Crippen molar-refractivity contribution in [2.45, 2.75) is 79.1 Å². The van der Waals surface area contributed by atoms with Crippen molar-refractivity contribution < 1.29 is 54.3 Å². The number of rotatable bonds is 8. The second-order valence-corrected chi connectivity index (χ2v) is 10.2. The molecule has 3 rings (SSSR count). The zero-order chi connectivity index (χ0) is 24.8. The van der Waals surface area contributed by atoms with Crippen molar-refractivity contribution in [2.75, 3.05) is 0 Å². The first kappa shape index (κ1) is 38.5. The molecule has 1 radical (unpaired) electrons. The van der Waals surface area contributed by atoms with Gasteiger partial charge in [0.25, 0.3) is 0 Å². The Kier molecular flexibility index (Phi) is 18.0. The number of hydrogen-bond acceptors (Lipinski definition) is 3. The van der Waals surface area contributed by atoms with Gasteiger partial charge in [-0.3, -0.25) is 9.98 Å². The fraction of sp³-hybridized carbons (Fsp3) is 0.387. The number of pyridine rings is 1. The maximum atomic E-state index is 4.92. The minimum Gasteiger partial charge on any atom is -1.00 e. The fourth-order valence-electron chi connectivity index (χ4n) is 4.20. The largest absolute Gasteiger partial charge is 3.00 e. The number of benzene rings is 2. The van der Waals surface area contributed by atoms with Gasteiger partial charge < -0.3 is 37.2 Å². The number of halogens is 3. The summed E-state index contributed by atoms with van der Waals surface area (Å²) in [5, 5.41) is 0.